The number of hydrogen-bond acceptors (Lipinski definition) is 4. The first-order valence-electron chi connectivity index (χ1n) is 7.35. The Hall–Kier alpha value is -1.98. The van der Waals surface area contributed by atoms with Gasteiger partial charge in [0.2, 0.25) is 0 Å². The molecule has 0 spiro atoms. The van der Waals surface area contributed by atoms with Gasteiger partial charge in [-0.15, -0.1) is 17.8 Å². The maximum atomic E-state index is 11.9. The third kappa shape index (κ3) is 3.61. The maximum absolute atomic E-state index is 11.9. The fourth-order valence-electron chi connectivity index (χ4n) is 2.50. The Morgan fingerprint density at radius 1 is 1.41 bits per heavy atom. The van der Waals surface area contributed by atoms with Gasteiger partial charge in [0.05, 0.1) is 10.4 Å². The summed E-state index contributed by atoms with van der Waals surface area (Å²) in [5.74, 6) is 2.50. The fourth-order valence-corrected chi connectivity index (χ4v) is 3.83. The van der Waals surface area contributed by atoms with E-state index in [1.165, 1.54) is 16.2 Å². The van der Waals surface area contributed by atoms with E-state index in [9.17, 15) is 10.1 Å². The number of carbonyl (C=O) groups is 1. The molecule has 4 nitrogen and oxygen atoms in total. The second kappa shape index (κ2) is 6.42. The number of nitriles is 1. The van der Waals surface area contributed by atoms with E-state index >= 15 is 0 Å². The van der Waals surface area contributed by atoms with Crippen molar-refractivity contribution >= 4 is 17.4 Å². The Morgan fingerprint density at radius 3 is 2.68 bits per heavy atom. The first-order valence-corrected chi connectivity index (χ1v) is 8.17. The minimum atomic E-state index is -0.812. The number of ether oxygens (including phenoxy) is 1. The molecule has 0 fully saturated rings. The van der Waals surface area contributed by atoms with Gasteiger partial charge >= 0.3 is 6.09 Å². The van der Waals surface area contributed by atoms with Crippen LogP contribution < -0.4 is 5.32 Å². The summed E-state index contributed by atoms with van der Waals surface area (Å²) in [5.41, 5.74) is 1.29. The van der Waals surface area contributed by atoms with E-state index < -0.39 is 17.7 Å². The van der Waals surface area contributed by atoms with E-state index in [1.54, 1.807) is 0 Å². The Bertz CT molecular complexity index is 656. The van der Waals surface area contributed by atoms with Crippen molar-refractivity contribution in [2.24, 2.45) is 0 Å². The van der Waals surface area contributed by atoms with Crippen LogP contribution in [0.2, 0.25) is 0 Å². The molecule has 1 heterocycles. The number of hydrogen-bond donors (Lipinski definition) is 1. The molecule has 1 unspecified atom stereocenters. The largest absolute Gasteiger partial charge is 0.427 e. The van der Waals surface area contributed by atoms with Crippen molar-refractivity contribution in [3.8, 4) is 18.4 Å². The number of rotatable bonds is 2. The van der Waals surface area contributed by atoms with Gasteiger partial charge < -0.3 is 10.1 Å². The van der Waals surface area contributed by atoms with Crippen LogP contribution in [-0.2, 0) is 17.6 Å². The quantitative estimate of drug-likeness (QED) is 0.846. The van der Waals surface area contributed by atoms with Crippen molar-refractivity contribution in [1.82, 2.24) is 5.32 Å². The molecule has 116 valence electrons. The molecule has 22 heavy (non-hydrogen) atoms. The van der Waals surface area contributed by atoms with Crippen molar-refractivity contribution in [2.45, 2.75) is 58.1 Å². The number of nitrogens with zero attached hydrogens (tertiary/aromatic N) is 1. The van der Waals surface area contributed by atoms with Gasteiger partial charge in [-0.25, -0.2) is 4.79 Å². The van der Waals surface area contributed by atoms with Crippen LogP contribution in [0.25, 0.3) is 0 Å². The molecular weight excluding hydrogens is 296 g/mol. The predicted octanol–water partition coefficient (Wildman–Crippen LogP) is 3.70. The number of amides is 1. The number of alkyl carbamates (subject to hydrolysis) is 1. The van der Waals surface area contributed by atoms with Gasteiger partial charge in [0, 0.05) is 10.4 Å². The molecule has 1 N–H and O–H groups in total. The van der Waals surface area contributed by atoms with Crippen molar-refractivity contribution in [3.63, 3.8) is 0 Å². The highest BCUT2D eigenvalue weighted by Gasteiger charge is 2.27. The third-order valence-electron chi connectivity index (χ3n) is 3.40. The van der Waals surface area contributed by atoms with Crippen LogP contribution in [0.5, 0.6) is 0 Å². The van der Waals surface area contributed by atoms with Crippen molar-refractivity contribution in [2.75, 3.05) is 0 Å². The maximum Gasteiger partial charge on any atom is 0.409 e. The lowest BCUT2D eigenvalue weighted by molar-refractivity contribution is 0.117. The first kappa shape index (κ1) is 16.4. The van der Waals surface area contributed by atoms with Crippen LogP contribution in [0.15, 0.2) is 0 Å². The van der Waals surface area contributed by atoms with Gasteiger partial charge in [-0.2, -0.15) is 5.26 Å². The summed E-state index contributed by atoms with van der Waals surface area (Å²) in [6.07, 6.45) is 8.26. The summed E-state index contributed by atoms with van der Waals surface area (Å²) in [4.78, 5) is 13.8. The number of thiophene rings is 1. The van der Waals surface area contributed by atoms with Crippen LogP contribution in [0.4, 0.5) is 4.79 Å². The van der Waals surface area contributed by atoms with Crippen LogP contribution >= 0.6 is 11.3 Å². The molecule has 0 saturated heterocycles. The number of terminal acetylenes is 1. The highest BCUT2D eigenvalue weighted by atomic mass is 32.1. The van der Waals surface area contributed by atoms with Gasteiger partial charge in [0.1, 0.15) is 6.07 Å². The second-order valence-electron chi connectivity index (χ2n) is 6.39. The van der Waals surface area contributed by atoms with E-state index in [-0.39, 0.29) is 0 Å². The zero-order valence-electron chi connectivity index (χ0n) is 13.2. The molecule has 0 aromatic carbocycles. The fraction of sp³-hybridized carbons (Fsp3) is 0.529. The van der Waals surface area contributed by atoms with Gasteiger partial charge in [0.15, 0.2) is 6.10 Å². The summed E-state index contributed by atoms with van der Waals surface area (Å²) in [6.45, 7) is 5.59. The second-order valence-corrected chi connectivity index (χ2v) is 7.53. The summed E-state index contributed by atoms with van der Waals surface area (Å²) in [6, 6.07) is 2.24. The van der Waals surface area contributed by atoms with Gasteiger partial charge in [0.25, 0.3) is 0 Å². The summed E-state index contributed by atoms with van der Waals surface area (Å²) in [5, 5.41) is 12.2. The standard InChI is InChI=1S/C17H20N2O2S/c1-5-13(21-16(20)19-17(2,3)4)15-12(10-18)11-8-6-7-9-14(11)22-15/h1,13H,6-9H2,2-4H3,(H,19,20). The average Bonchev–Trinajstić information content (AvgIpc) is 2.81. The lowest BCUT2D eigenvalue weighted by atomic mass is 9.95. The summed E-state index contributed by atoms with van der Waals surface area (Å²) < 4.78 is 5.36. The number of carbonyl (C=O) groups excluding carboxylic acids is 1. The normalized spacial score (nSPS) is 15.1. The number of aryl methyl sites for hydroxylation is 1. The minimum Gasteiger partial charge on any atom is -0.427 e. The van der Waals surface area contributed by atoms with Gasteiger partial charge in [-0.3, -0.25) is 0 Å². The molecule has 1 aliphatic rings. The van der Waals surface area contributed by atoms with Crippen LogP contribution in [0.3, 0.4) is 0 Å². The first-order chi connectivity index (χ1) is 10.4. The van der Waals surface area contributed by atoms with Crippen molar-refractivity contribution in [3.05, 3.63) is 20.9 Å². The highest BCUT2D eigenvalue weighted by molar-refractivity contribution is 7.12. The van der Waals surface area contributed by atoms with E-state index in [1.807, 2.05) is 20.8 Å². The monoisotopic (exact) mass is 316 g/mol. The molecule has 0 aliphatic heterocycles. The van der Waals surface area contributed by atoms with Crippen molar-refractivity contribution < 1.29 is 9.53 Å². The minimum absolute atomic E-state index is 0.400. The Morgan fingerprint density at radius 2 is 2.09 bits per heavy atom. The molecule has 1 aromatic heterocycles. The average molecular weight is 316 g/mol. The SMILES string of the molecule is C#CC(OC(=O)NC(C)(C)C)c1sc2c(c1C#N)CCCC2. The summed E-state index contributed by atoms with van der Waals surface area (Å²) in [7, 11) is 0. The van der Waals surface area contributed by atoms with Crippen LogP contribution in [-0.4, -0.2) is 11.6 Å². The smallest absolute Gasteiger partial charge is 0.409 e. The van der Waals surface area contributed by atoms with Gasteiger partial charge in [-0.1, -0.05) is 5.92 Å². The molecule has 0 saturated carbocycles. The molecule has 1 aromatic rings. The Balaban J connectivity index is 2.25. The van der Waals surface area contributed by atoms with E-state index in [2.05, 4.69) is 17.3 Å². The molecule has 5 heteroatoms. The number of nitrogens with one attached hydrogen (secondary N) is 1. The van der Waals surface area contributed by atoms with Crippen molar-refractivity contribution in [1.29, 1.82) is 5.26 Å². The Labute approximate surface area is 135 Å². The van der Waals surface area contributed by atoms with E-state index in [0.29, 0.717) is 10.4 Å². The zero-order chi connectivity index (χ0) is 16.3. The molecule has 0 radical (unpaired) electrons. The molecule has 1 amide bonds. The van der Waals surface area contributed by atoms with Crippen LogP contribution in [0.1, 0.15) is 60.6 Å². The molecule has 1 aliphatic carbocycles. The number of fused-ring (bicyclic) bond motifs is 1. The summed E-state index contributed by atoms with van der Waals surface area (Å²) >= 11 is 1.51. The zero-order valence-corrected chi connectivity index (χ0v) is 14.0. The van der Waals surface area contributed by atoms with E-state index in [0.717, 1.165) is 31.2 Å². The predicted molar refractivity (Wildman–Crippen MR) is 86.6 cm³/mol. The lowest BCUT2D eigenvalue weighted by Gasteiger charge is -2.21. The van der Waals surface area contributed by atoms with Gasteiger partial charge in [-0.05, 0) is 52.0 Å². The van der Waals surface area contributed by atoms with E-state index in [4.69, 9.17) is 11.2 Å². The van der Waals surface area contributed by atoms with Crippen LogP contribution in [0, 0.1) is 23.7 Å². The Kier molecular flexibility index (Phi) is 4.78. The molecule has 0 bridgehead atoms. The highest BCUT2D eigenvalue weighted by Crippen LogP contribution is 2.38. The third-order valence-corrected chi connectivity index (χ3v) is 4.74. The molecule has 2 rings (SSSR count). The molecule has 1 atom stereocenters. The lowest BCUT2D eigenvalue weighted by Crippen LogP contribution is -2.41. The topological polar surface area (TPSA) is 62.1 Å². The molecular formula is C17H20N2O2S.